The molecule has 0 spiro atoms. The van der Waals surface area contributed by atoms with Crippen molar-refractivity contribution in [2.45, 2.75) is 20.8 Å². The van der Waals surface area contributed by atoms with Crippen LogP contribution < -0.4 is 0 Å². The van der Waals surface area contributed by atoms with E-state index in [-0.39, 0.29) is 0 Å². The number of allylic oxidation sites excluding steroid dienone is 1. The van der Waals surface area contributed by atoms with Gasteiger partial charge in [-0.05, 0) is 20.8 Å². The molecule has 0 N–H and O–H groups in total. The molecule has 1 aromatic rings. The van der Waals surface area contributed by atoms with E-state index in [2.05, 4.69) is 48.7 Å². The topological polar surface area (TPSA) is 56.3 Å². The maximum atomic E-state index is 8.14. The SMILES string of the molecule is Cc1cc(C)cc(C)c1.[C-]#[N+]C([N+]#[C-])=C(C#N)C#N. The molecule has 4 heteroatoms. The lowest BCUT2D eigenvalue weighted by atomic mass is 10.1. The molecule has 0 aliphatic heterocycles. The number of aryl methyl sites for hydroxylation is 3. The molecule has 0 bridgehead atoms. The highest BCUT2D eigenvalue weighted by atomic mass is 14.9. The summed E-state index contributed by atoms with van der Waals surface area (Å²) in [6, 6.07) is 9.45. The van der Waals surface area contributed by atoms with Gasteiger partial charge in [0.25, 0.3) is 0 Å². The quantitative estimate of drug-likeness (QED) is 0.519. The van der Waals surface area contributed by atoms with Crippen molar-refractivity contribution < 1.29 is 0 Å². The van der Waals surface area contributed by atoms with Gasteiger partial charge in [-0.25, -0.2) is 0 Å². The molecule has 0 atom stereocenters. The fourth-order valence-electron chi connectivity index (χ4n) is 1.46. The summed E-state index contributed by atoms with van der Waals surface area (Å²) in [4.78, 5) is 5.36. The zero-order valence-corrected chi connectivity index (χ0v) is 11.0. The highest BCUT2D eigenvalue weighted by Crippen LogP contribution is 2.06. The fourth-order valence-corrected chi connectivity index (χ4v) is 1.46. The van der Waals surface area contributed by atoms with Crippen molar-refractivity contribution in [3.8, 4) is 12.1 Å². The van der Waals surface area contributed by atoms with Crippen LogP contribution in [0.15, 0.2) is 29.6 Å². The van der Waals surface area contributed by atoms with E-state index in [0.29, 0.717) is 0 Å². The van der Waals surface area contributed by atoms with Gasteiger partial charge in [-0.1, -0.05) is 34.9 Å². The molecule has 0 aromatic heterocycles. The van der Waals surface area contributed by atoms with E-state index in [1.54, 1.807) is 0 Å². The predicted molar refractivity (Wildman–Crippen MR) is 72.1 cm³/mol. The minimum atomic E-state index is -0.468. The van der Waals surface area contributed by atoms with Crippen LogP contribution in [0.4, 0.5) is 0 Å². The lowest BCUT2D eigenvalue weighted by Gasteiger charge is -1.96. The van der Waals surface area contributed by atoms with Crippen molar-refractivity contribution in [3.63, 3.8) is 0 Å². The summed E-state index contributed by atoms with van der Waals surface area (Å²) >= 11 is 0. The first-order valence-electron chi connectivity index (χ1n) is 5.32. The van der Waals surface area contributed by atoms with Crippen LogP contribution in [0.5, 0.6) is 0 Å². The van der Waals surface area contributed by atoms with Crippen LogP contribution in [0.3, 0.4) is 0 Å². The third-order valence-corrected chi connectivity index (χ3v) is 2.03. The number of nitrogens with zero attached hydrogens (tertiary/aromatic N) is 4. The second-order valence-electron chi connectivity index (χ2n) is 3.81. The largest absolute Gasteiger partial charge is 0.548 e. The molecule has 0 aliphatic carbocycles. The van der Waals surface area contributed by atoms with Gasteiger partial charge in [-0.2, -0.15) is 20.2 Å². The summed E-state index contributed by atoms with van der Waals surface area (Å²) in [5, 5.41) is 16.3. The number of rotatable bonds is 0. The Bertz CT molecular complexity index is 539. The smallest absolute Gasteiger partial charge is 0.193 e. The van der Waals surface area contributed by atoms with Gasteiger partial charge in [0, 0.05) is 0 Å². The molecular formula is C15H12N4. The van der Waals surface area contributed by atoms with E-state index in [4.69, 9.17) is 23.7 Å². The molecule has 1 aromatic carbocycles. The first kappa shape index (κ1) is 15.9. The fraction of sp³-hybridized carbons (Fsp3) is 0.200. The summed E-state index contributed by atoms with van der Waals surface area (Å²) in [7, 11) is 0. The van der Waals surface area contributed by atoms with Crippen molar-refractivity contribution in [1.29, 1.82) is 10.5 Å². The number of nitriles is 2. The third kappa shape index (κ3) is 5.69. The minimum Gasteiger partial charge on any atom is -0.193 e. The maximum Gasteiger partial charge on any atom is 0.548 e. The lowest BCUT2D eigenvalue weighted by Crippen LogP contribution is -1.78. The molecule has 92 valence electrons. The van der Waals surface area contributed by atoms with Gasteiger partial charge in [0.2, 0.25) is 5.57 Å². The van der Waals surface area contributed by atoms with Crippen LogP contribution in [-0.4, -0.2) is 0 Å². The number of hydrogen-bond acceptors (Lipinski definition) is 2. The molecule has 0 aliphatic rings. The van der Waals surface area contributed by atoms with Crippen LogP contribution in [0.1, 0.15) is 16.7 Å². The van der Waals surface area contributed by atoms with Gasteiger partial charge in [-0.15, -0.1) is 0 Å². The summed E-state index contributed by atoms with van der Waals surface area (Å²) in [6.07, 6.45) is 0. The second-order valence-corrected chi connectivity index (χ2v) is 3.81. The van der Waals surface area contributed by atoms with E-state index >= 15 is 0 Å². The molecular weight excluding hydrogens is 236 g/mol. The Morgan fingerprint density at radius 1 is 0.895 bits per heavy atom. The molecule has 0 heterocycles. The molecule has 1 rings (SSSR count). The Labute approximate surface area is 113 Å². The monoisotopic (exact) mass is 248 g/mol. The number of hydrogen-bond donors (Lipinski definition) is 0. The minimum absolute atomic E-state index is 0.426. The summed E-state index contributed by atoms with van der Waals surface area (Å²) in [5.41, 5.74) is 3.64. The van der Waals surface area contributed by atoms with Crippen LogP contribution in [0.2, 0.25) is 0 Å². The van der Waals surface area contributed by atoms with Crippen molar-refractivity contribution in [2.24, 2.45) is 0 Å². The zero-order chi connectivity index (χ0) is 14.8. The van der Waals surface area contributed by atoms with E-state index in [1.807, 2.05) is 0 Å². The van der Waals surface area contributed by atoms with Gasteiger partial charge in [0.05, 0.1) is 0 Å². The van der Waals surface area contributed by atoms with Crippen molar-refractivity contribution >= 4 is 0 Å². The zero-order valence-electron chi connectivity index (χ0n) is 11.0. The van der Waals surface area contributed by atoms with Gasteiger partial charge in [-0.3, -0.25) is 0 Å². The normalized spacial score (nSPS) is 7.53. The Kier molecular flexibility index (Phi) is 6.77. The van der Waals surface area contributed by atoms with Crippen LogP contribution >= 0.6 is 0 Å². The molecule has 4 nitrogen and oxygen atoms in total. The van der Waals surface area contributed by atoms with Crippen LogP contribution in [0.25, 0.3) is 9.69 Å². The molecule has 0 saturated heterocycles. The average molecular weight is 248 g/mol. The lowest BCUT2D eigenvalue weighted by molar-refractivity contribution is 1.32. The molecule has 0 radical (unpaired) electrons. The van der Waals surface area contributed by atoms with E-state index in [9.17, 15) is 0 Å². The Morgan fingerprint density at radius 2 is 1.21 bits per heavy atom. The average Bonchev–Trinajstić information content (AvgIpc) is 2.34. The van der Waals surface area contributed by atoms with Crippen molar-refractivity contribution in [1.82, 2.24) is 0 Å². The summed E-state index contributed by atoms with van der Waals surface area (Å²) in [6.45, 7) is 19.1. The Morgan fingerprint density at radius 3 is 1.37 bits per heavy atom. The Balaban J connectivity index is 0.000000342. The van der Waals surface area contributed by atoms with Crippen LogP contribution in [0, 0.1) is 56.6 Å². The molecule has 19 heavy (non-hydrogen) atoms. The molecule has 0 fully saturated rings. The van der Waals surface area contributed by atoms with Crippen molar-refractivity contribution in [2.75, 3.05) is 0 Å². The Hall–Kier alpha value is -3.08. The van der Waals surface area contributed by atoms with E-state index < -0.39 is 11.4 Å². The maximum absolute atomic E-state index is 8.14. The van der Waals surface area contributed by atoms with Gasteiger partial charge < -0.3 is 0 Å². The molecule has 0 saturated carbocycles. The van der Waals surface area contributed by atoms with Crippen molar-refractivity contribution in [3.05, 3.63) is 69.1 Å². The molecule has 0 unspecified atom stereocenters. The van der Waals surface area contributed by atoms with Gasteiger partial charge in [0.1, 0.15) is 25.3 Å². The second kappa shape index (κ2) is 8.08. The predicted octanol–water partition coefficient (Wildman–Crippen LogP) is 3.70. The third-order valence-electron chi connectivity index (χ3n) is 2.03. The summed E-state index contributed by atoms with van der Waals surface area (Å²) in [5.74, 6) is -0.468. The van der Waals surface area contributed by atoms with Gasteiger partial charge in [0.15, 0.2) is 0 Å². The molecule has 0 amide bonds. The first-order chi connectivity index (χ1) is 8.98. The highest BCUT2D eigenvalue weighted by Gasteiger charge is 2.12. The summed E-state index contributed by atoms with van der Waals surface area (Å²) < 4.78 is 0. The standard InChI is InChI=1S/C9H12.C6N4/c1-7-4-8(2)6-9(3)5-7;1-9-6(10-2)5(3-7)4-8/h4-6H,1-3H3;. The van der Waals surface area contributed by atoms with Crippen LogP contribution in [-0.2, 0) is 0 Å². The van der Waals surface area contributed by atoms with E-state index in [1.165, 1.54) is 28.8 Å². The first-order valence-corrected chi connectivity index (χ1v) is 5.32. The highest BCUT2D eigenvalue weighted by molar-refractivity contribution is 5.44. The van der Waals surface area contributed by atoms with Gasteiger partial charge >= 0.3 is 5.82 Å². The van der Waals surface area contributed by atoms with E-state index in [0.717, 1.165) is 0 Å². The number of benzene rings is 1.